The number of benzene rings is 4. The molecule has 0 aliphatic heterocycles. The third-order valence-electron chi connectivity index (χ3n) is 8.81. The molecular formula is C42H28Cl2N4O4S2. The van der Waals surface area contributed by atoms with Gasteiger partial charge in [0.15, 0.2) is 0 Å². The number of rotatable bonds is 9. The van der Waals surface area contributed by atoms with Gasteiger partial charge in [-0.1, -0.05) is 71.7 Å². The van der Waals surface area contributed by atoms with E-state index in [4.69, 9.17) is 42.6 Å². The van der Waals surface area contributed by atoms with Crippen molar-refractivity contribution in [3.63, 3.8) is 0 Å². The minimum Gasteiger partial charge on any atom is -0.495 e. The second kappa shape index (κ2) is 14.9. The van der Waals surface area contributed by atoms with Crippen molar-refractivity contribution in [1.29, 1.82) is 0 Å². The molecule has 4 heterocycles. The van der Waals surface area contributed by atoms with Crippen LogP contribution in [0.25, 0.3) is 54.1 Å². The highest BCUT2D eigenvalue weighted by atomic mass is 35.5. The Labute approximate surface area is 328 Å². The van der Waals surface area contributed by atoms with Gasteiger partial charge in [-0.25, -0.2) is 9.97 Å². The van der Waals surface area contributed by atoms with E-state index in [1.54, 1.807) is 38.5 Å². The van der Waals surface area contributed by atoms with Crippen LogP contribution in [0.2, 0.25) is 8.67 Å². The lowest BCUT2D eigenvalue weighted by Crippen LogP contribution is -2.14. The van der Waals surface area contributed by atoms with Crippen molar-refractivity contribution in [3.05, 3.63) is 141 Å². The van der Waals surface area contributed by atoms with Crippen molar-refractivity contribution in [3.8, 4) is 43.8 Å². The van der Waals surface area contributed by atoms with Gasteiger partial charge in [-0.2, -0.15) is 0 Å². The molecule has 0 spiro atoms. The molecule has 8 aromatic rings. The number of methoxy groups -OCH3 is 2. The molecule has 0 saturated heterocycles. The summed E-state index contributed by atoms with van der Waals surface area (Å²) in [5.41, 5.74) is 6.28. The summed E-state index contributed by atoms with van der Waals surface area (Å²) in [5, 5.41) is 7.51. The summed E-state index contributed by atoms with van der Waals surface area (Å²) in [7, 11) is 3.10. The van der Waals surface area contributed by atoms with Gasteiger partial charge in [0.2, 0.25) is 0 Å². The first-order valence-electron chi connectivity index (χ1n) is 16.6. The van der Waals surface area contributed by atoms with Crippen LogP contribution in [0, 0.1) is 0 Å². The molecule has 0 aliphatic rings. The number of pyridine rings is 2. The third kappa shape index (κ3) is 7.00. The minimum atomic E-state index is -0.307. The highest BCUT2D eigenvalue weighted by Gasteiger charge is 2.20. The Bertz CT molecular complexity index is 2560. The van der Waals surface area contributed by atoms with Gasteiger partial charge < -0.3 is 20.1 Å². The highest BCUT2D eigenvalue weighted by Crippen LogP contribution is 2.38. The number of hydrogen-bond donors (Lipinski definition) is 2. The highest BCUT2D eigenvalue weighted by molar-refractivity contribution is 7.19. The first-order valence-corrected chi connectivity index (χ1v) is 19.0. The normalized spacial score (nSPS) is 11.1. The zero-order valence-corrected chi connectivity index (χ0v) is 31.8. The largest absolute Gasteiger partial charge is 0.495 e. The Morgan fingerprint density at radius 2 is 0.981 bits per heavy atom. The summed E-state index contributed by atoms with van der Waals surface area (Å²) in [6, 6.07) is 37.1. The van der Waals surface area contributed by atoms with Crippen LogP contribution in [-0.2, 0) is 0 Å². The van der Waals surface area contributed by atoms with Crippen LogP contribution in [0.1, 0.15) is 20.7 Å². The number of ether oxygens (including phenoxy) is 2. The van der Waals surface area contributed by atoms with E-state index in [2.05, 4.69) is 10.6 Å². The first-order chi connectivity index (χ1) is 26.3. The van der Waals surface area contributed by atoms with E-state index in [1.165, 1.54) is 22.7 Å². The first kappa shape index (κ1) is 35.3. The minimum absolute atomic E-state index is 0.307. The van der Waals surface area contributed by atoms with E-state index < -0.39 is 0 Å². The number of anilines is 2. The number of fused-ring (bicyclic) bond motifs is 2. The van der Waals surface area contributed by atoms with E-state index in [0.717, 1.165) is 31.7 Å². The van der Waals surface area contributed by atoms with E-state index >= 15 is 0 Å². The van der Waals surface area contributed by atoms with Gasteiger partial charge in [-0.3, -0.25) is 9.59 Å². The molecule has 4 aromatic heterocycles. The number of carbonyl (C=O) groups is 2. The lowest BCUT2D eigenvalue weighted by Gasteiger charge is -2.15. The number of carbonyl (C=O) groups excluding carboxylic acids is 2. The third-order valence-corrected chi connectivity index (χ3v) is 11.3. The van der Waals surface area contributed by atoms with Gasteiger partial charge in [0.25, 0.3) is 11.8 Å². The molecule has 0 radical (unpaired) electrons. The monoisotopic (exact) mass is 786 g/mol. The van der Waals surface area contributed by atoms with Gasteiger partial charge in [0.1, 0.15) is 11.5 Å². The standard InChI is InChI=1S/C42H28Cl2N4O4S2/c1-51-35-19-23(11-13-31(35)47-41(49)27-21-33(37-15-17-39(43)53-37)45-29-9-5-3-7-25(27)29)24-12-14-32(36(20-24)52-2)48-42(50)28-22-34(38-16-18-40(44)54-38)46-30-10-6-4-8-26(28)30/h3-22H,1-2H3,(H,47,49)(H,48,50). The molecule has 266 valence electrons. The molecule has 0 saturated carbocycles. The van der Waals surface area contributed by atoms with Crippen LogP contribution in [0.3, 0.4) is 0 Å². The fraction of sp³-hybridized carbons (Fsp3) is 0.0476. The predicted molar refractivity (Wildman–Crippen MR) is 221 cm³/mol. The van der Waals surface area contributed by atoms with Crippen LogP contribution >= 0.6 is 45.9 Å². The van der Waals surface area contributed by atoms with Crippen molar-refractivity contribution >= 4 is 90.9 Å². The lowest BCUT2D eigenvalue weighted by atomic mass is 10.0. The number of para-hydroxylation sites is 2. The molecule has 0 bridgehead atoms. The van der Waals surface area contributed by atoms with E-state index in [-0.39, 0.29) is 11.8 Å². The molecule has 2 amide bonds. The van der Waals surface area contributed by atoms with Crippen molar-refractivity contribution in [2.45, 2.75) is 0 Å². The van der Waals surface area contributed by atoms with Crippen LogP contribution in [0.5, 0.6) is 11.5 Å². The summed E-state index contributed by atoms with van der Waals surface area (Å²) in [6.07, 6.45) is 0. The van der Waals surface area contributed by atoms with Gasteiger partial charge in [0, 0.05) is 10.8 Å². The number of thiophene rings is 2. The van der Waals surface area contributed by atoms with Gasteiger partial charge in [0.05, 0.1) is 77.6 Å². The molecule has 54 heavy (non-hydrogen) atoms. The number of nitrogens with zero attached hydrogens (tertiary/aromatic N) is 2. The zero-order chi connectivity index (χ0) is 37.3. The van der Waals surface area contributed by atoms with Crippen LogP contribution in [0.15, 0.2) is 121 Å². The molecule has 12 heteroatoms. The maximum Gasteiger partial charge on any atom is 0.256 e. The molecule has 4 aromatic carbocycles. The van der Waals surface area contributed by atoms with Gasteiger partial charge in [-0.15, -0.1) is 22.7 Å². The summed E-state index contributed by atoms with van der Waals surface area (Å²) in [5.74, 6) is 0.318. The molecule has 0 fully saturated rings. The average molecular weight is 788 g/mol. The fourth-order valence-electron chi connectivity index (χ4n) is 6.21. The van der Waals surface area contributed by atoms with E-state index in [9.17, 15) is 9.59 Å². The summed E-state index contributed by atoms with van der Waals surface area (Å²) < 4.78 is 12.8. The number of aromatic nitrogens is 2. The number of amides is 2. The Balaban J connectivity index is 1.06. The number of nitrogens with one attached hydrogen (secondary N) is 2. The molecule has 0 atom stereocenters. The molecule has 0 unspecified atom stereocenters. The lowest BCUT2D eigenvalue weighted by molar-refractivity contribution is 0.102. The van der Waals surface area contributed by atoms with E-state index in [0.29, 0.717) is 65.1 Å². The Morgan fingerprint density at radius 3 is 1.37 bits per heavy atom. The molecule has 0 aliphatic carbocycles. The maximum atomic E-state index is 13.8. The Hall–Kier alpha value is -5.78. The molecule has 8 rings (SSSR count). The Morgan fingerprint density at radius 1 is 0.556 bits per heavy atom. The Kier molecular flexibility index (Phi) is 9.74. The molecular weight excluding hydrogens is 760 g/mol. The number of halogens is 2. The van der Waals surface area contributed by atoms with Crippen molar-refractivity contribution < 1.29 is 19.1 Å². The quantitative estimate of drug-likeness (QED) is 0.151. The number of hydrogen-bond acceptors (Lipinski definition) is 8. The van der Waals surface area contributed by atoms with E-state index in [1.807, 2.05) is 97.1 Å². The van der Waals surface area contributed by atoms with Crippen LogP contribution in [0.4, 0.5) is 11.4 Å². The summed E-state index contributed by atoms with van der Waals surface area (Å²) in [6.45, 7) is 0. The van der Waals surface area contributed by atoms with Crippen molar-refractivity contribution in [2.24, 2.45) is 0 Å². The second-order valence-corrected chi connectivity index (χ2v) is 15.5. The van der Waals surface area contributed by atoms with Gasteiger partial charge in [-0.05, 0) is 83.9 Å². The molecule has 2 N–H and O–H groups in total. The topological polar surface area (TPSA) is 102 Å². The van der Waals surface area contributed by atoms with Crippen LogP contribution < -0.4 is 20.1 Å². The average Bonchev–Trinajstić information content (AvgIpc) is 3.85. The summed E-state index contributed by atoms with van der Waals surface area (Å²) >= 11 is 15.2. The van der Waals surface area contributed by atoms with Crippen LogP contribution in [-0.4, -0.2) is 36.0 Å². The van der Waals surface area contributed by atoms with Crippen molar-refractivity contribution in [1.82, 2.24) is 9.97 Å². The van der Waals surface area contributed by atoms with Crippen molar-refractivity contribution in [2.75, 3.05) is 24.9 Å². The SMILES string of the molecule is COc1cc(-c2ccc(NC(=O)c3cc(-c4ccc(Cl)s4)nc4ccccc34)c(OC)c2)ccc1NC(=O)c1cc(-c2ccc(Cl)s2)nc2ccccc12. The summed E-state index contributed by atoms with van der Waals surface area (Å²) in [4.78, 5) is 39.0. The van der Waals surface area contributed by atoms with Gasteiger partial charge >= 0.3 is 0 Å². The predicted octanol–water partition coefficient (Wildman–Crippen LogP) is 11.7. The zero-order valence-electron chi connectivity index (χ0n) is 28.6. The second-order valence-electron chi connectivity index (χ2n) is 12.1. The fourth-order valence-corrected chi connectivity index (χ4v) is 8.22. The smallest absolute Gasteiger partial charge is 0.256 e. The molecule has 8 nitrogen and oxygen atoms in total. The maximum absolute atomic E-state index is 13.8.